The summed E-state index contributed by atoms with van der Waals surface area (Å²) >= 11 is 1.50. The van der Waals surface area contributed by atoms with Crippen molar-refractivity contribution < 1.29 is 4.79 Å². The third-order valence-corrected chi connectivity index (χ3v) is 5.46. The Bertz CT molecular complexity index is 1190. The Labute approximate surface area is 165 Å². The summed E-state index contributed by atoms with van der Waals surface area (Å²) in [7, 11) is 0. The molecule has 0 radical (unpaired) electrons. The van der Waals surface area contributed by atoms with Gasteiger partial charge in [0.15, 0.2) is 5.65 Å². The molecule has 4 rings (SSSR count). The minimum absolute atomic E-state index is 0.0393. The number of nitrogens with one attached hydrogen (secondary N) is 1. The van der Waals surface area contributed by atoms with Crippen LogP contribution < -0.4 is 5.56 Å². The van der Waals surface area contributed by atoms with Gasteiger partial charge in [0, 0.05) is 29.4 Å². The van der Waals surface area contributed by atoms with Crippen LogP contribution in [0.5, 0.6) is 0 Å². The van der Waals surface area contributed by atoms with Gasteiger partial charge in [-0.15, -0.1) is 11.3 Å². The van der Waals surface area contributed by atoms with Gasteiger partial charge in [0.25, 0.3) is 11.5 Å². The zero-order valence-corrected chi connectivity index (χ0v) is 16.4. The maximum Gasteiger partial charge on any atom is 0.285 e. The van der Waals surface area contributed by atoms with Crippen molar-refractivity contribution in [3.63, 3.8) is 0 Å². The Hall–Kier alpha value is -3.26. The fraction of sp³-hybridized carbons (Fsp3) is 0.200. The predicted molar refractivity (Wildman–Crippen MR) is 107 cm³/mol. The van der Waals surface area contributed by atoms with Crippen molar-refractivity contribution in [1.82, 2.24) is 24.5 Å². The third-order valence-electron chi connectivity index (χ3n) is 4.54. The molecule has 142 valence electrons. The molecule has 0 fully saturated rings. The molecule has 28 heavy (non-hydrogen) atoms. The SMILES string of the molecule is Cc1cc2ncc(C(=O)N(Cc3ccccc3)Cc3scnc3C)c(=O)n2[nH]1. The normalized spacial score (nSPS) is 11.1. The maximum absolute atomic E-state index is 13.3. The number of rotatable bonds is 5. The summed E-state index contributed by atoms with van der Waals surface area (Å²) in [6, 6.07) is 11.5. The lowest BCUT2D eigenvalue weighted by Gasteiger charge is -2.22. The molecule has 0 unspecified atom stereocenters. The Morgan fingerprint density at radius 1 is 1.18 bits per heavy atom. The number of amides is 1. The molecule has 8 heteroatoms. The van der Waals surface area contributed by atoms with Crippen LogP contribution in [0.3, 0.4) is 0 Å². The average molecular weight is 393 g/mol. The van der Waals surface area contributed by atoms with Gasteiger partial charge in [-0.05, 0) is 19.4 Å². The number of carbonyl (C=O) groups excluding carboxylic acids is 1. The number of hydrogen-bond donors (Lipinski definition) is 1. The smallest absolute Gasteiger partial charge is 0.285 e. The second kappa shape index (κ2) is 7.40. The zero-order chi connectivity index (χ0) is 19.7. The molecular formula is C20H19N5O2S. The van der Waals surface area contributed by atoms with Gasteiger partial charge in [-0.1, -0.05) is 30.3 Å². The quantitative estimate of drug-likeness (QED) is 0.565. The van der Waals surface area contributed by atoms with Crippen molar-refractivity contribution in [3.8, 4) is 0 Å². The van der Waals surface area contributed by atoms with Gasteiger partial charge in [-0.25, -0.2) is 14.5 Å². The summed E-state index contributed by atoms with van der Waals surface area (Å²) in [6.07, 6.45) is 1.37. The molecular weight excluding hydrogens is 374 g/mol. The van der Waals surface area contributed by atoms with E-state index in [0.717, 1.165) is 21.8 Å². The first-order valence-electron chi connectivity index (χ1n) is 8.82. The Kier molecular flexibility index (Phi) is 4.79. The Morgan fingerprint density at radius 3 is 2.68 bits per heavy atom. The van der Waals surface area contributed by atoms with Gasteiger partial charge < -0.3 is 4.90 Å². The van der Waals surface area contributed by atoms with Crippen molar-refractivity contribution in [2.24, 2.45) is 0 Å². The summed E-state index contributed by atoms with van der Waals surface area (Å²) in [4.78, 5) is 37.3. The highest BCUT2D eigenvalue weighted by Crippen LogP contribution is 2.18. The number of aromatic amines is 1. The molecule has 0 aliphatic heterocycles. The van der Waals surface area contributed by atoms with E-state index in [0.29, 0.717) is 18.7 Å². The fourth-order valence-corrected chi connectivity index (χ4v) is 3.84. The van der Waals surface area contributed by atoms with Crippen molar-refractivity contribution in [2.45, 2.75) is 26.9 Å². The maximum atomic E-state index is 13.3. The lowest BCUT2D eigenvalue weighted by molar-refractivity contribution is 0.0729. The van der Waals surface area contributed by atoms with Crippen LogP contribution in [0.2, 0.25) is 0 Å². The lowest BCUT2D eigenvalue weighted by atomic mass is 10.2. The number of benzene rings is 1. The highest BCUT2D eigenvalue weighted by Gasteiger charge is 2.22. The molecule has 0 saturated heterocycles. The van der Waals surface area contributed by atoms with Crippen molar-refractivity contribution >= 4 is 22.9 Å². The van der Waals surface area contributed by atoms with Crippen LogP contribution >= 0.6 is 11.3 Å². The molecule has 1 aromatic carbocycles. The highest BCUT2D eigenvalue weighted by molar-refractivity contribution is 7.09. The van der Waals surface area contributed by atoms with Crippen LogP contribution in [-0.4, -0.2) is 30.4 Å². The lowest BCUT2D eigenvalue weighted by Crippen LogP contribution is -2.35. The molecule has 0 atom stereocenters. The number of carbonyl (C=O) groups is 1. The first-order valence-corrected chi connectivity index (χ1v) is 9.70. The molecule has 1 N–H and O–H groups in total. The van der Waals surface area contributed by atoms with E-state index in [2.05, 4.69) is 15.1 Å². The number of hydrogen-bond acceptors (Lipinski definition) is 5. The van der Waals surface area contributed by atoms with Gasteiger partial charge >= 0.3 is 0 Å². The van der Waals surface area contributed by atoms with Crippen LogP contribution in [0.25, 0.3) is 5.65 Å². The molecule has 3 aromatic heterocycles. The molecule has 0 spiro atoms. The molecule has 1 amide bonds. The van der Waals surface area contributed by atoms with E-state index in [1.165, 1.54) is 22.0 Å². The minimum Gasteiger partial charge on any atom is -0.329 e. The van der Waals surface area contributed by atoms with Crippen LogP contribution in [0.15, 0.2) is 52.9 Å². The zero-order valence-electron chi connectivity index (χ0n) is 15.5. The molecule has 0 aliphatic rings. The van der Waals surface area contributed by atoms with Gasteiger partial charge in [0.05, 0.1) is 17.7 Å². The van der Waals surface area contributed by atoms with E-state index in [9.17, 15) is 9.59 Å². The van der Waals surface area contributed by atoms with Crippen molar-refractivity contribution in [1.29, 1.82) is 0 Å². The number of aromatic nitrogens is 4. The van der Waals surface area contributed by atoms with E-state index in [1.807, 2.05) is 44.2 Å². The van der Waals surface area contributed by atoms with E-state index >= 15 is 0 Å². The summed E-state index contributed by atoms with van der Waals surface area (Å²) in [6.45, 7) is 4.53. The van der Waals surface area contributed by atoms with Crippen molar-refractivity contribution in [3.05, 3.63) is 85.9 Å². The monoisotopic (exact) mass is 393 g/mol. The van der Waals surface area contributed by atoms with Gasteiger partial charge in [-0.3, -0.25) is 14.7 Å². The summed E-state index contributed by atoms with van der Waals surface area (Å²) in [5.74, 6) is -0.351. The molecule has 7 nitrogen and oxygen atoms in total. The average Bonchev–Trinajstić information content (AvgIpc) is 3.27. The van der Waals surface area contributed by atoms with Gasteiger partial charge in [-0.2, -0.15) is 0 Å². The predicted octanol–water partition coefficient (Wildman–Crippen LogP) is 2.94. The second-order valence-electron chi connectivity index (χ2n) is 6.62. The van der Waals surface area contributed by atoms with Crippen molar-refractivity contribution in [2.75, 3.05) is 0 Å². The Morgan fingerprint density at radius 2 is 1.96 bits per heavy atom. The minimum atomic E-state index is -0.401. The van der Waals surface area contributed by atoms with Crippen LogP contribution in [-0.2, 0) is 13.1 Å². The number of fused-ring (bicyclic) bond motifs is 1. The largest absolute Gasteiger partial charge is 0.329 e. The van der Waals surface area contributed by atoms with Gasteiger partial charge in [0.2, 0.25) is 0 Å². The third kappa shape index (κ3) is 3.46. The molecule has 4 aromatic rings. The van der Waals surface area contributed by atoms with Gasteiger partial charge in [0.1, 0.15) is 5.56 Å². The highest BCUT2D eigenvalue weighted by atomic mass is 32.1. The first-order chi connectivity index (χ1) is 13.5. The second-order valence-corrected chi connectivity index (χ2v) is 7.56. The molecule has 0 saturated carbocycles. The molecule has 0 bridgehead atoms. The topological polar surface area (TPSA) is 83.4 Å². The first kappa shape index (κ1) is 18.1. The van der Waals surface area contributed by atoms with E-state index in [1.54, 1.807) is 16.5 Å². The number of nitrogens with zero attached hydrogens (tertiary/aromatic N) is 4. The number of thiazole rings is 1. The van der Waals surface area contributed by atoms with E-state index < -0.39 is 5.56 Å². The van der Waals surface area contributed by atoms with Crippen LogP contribution in [0.4, 0.5) is 0 Å². The molecule has 3 heterocycles. The van der Waals surface area contributed by atoms with Crippen LogP contribution in [0, 0.1) is 13.8 Å². The van der Waals surface area contributed by atoms with E-state index in [4.69, 9.17) is 0 Å². The summed E-state index contributed by atoms with van der Waals surface area (Å²) < 4.78 is 1.31. The van der Waals surface area contributed by atoms with E-state index in [-0.39, 0.29) is 11.5 Å². The number of H-pyrrole nitrogens is 1. The summed E-state index contributed by atoms with van der Waals surface area (Å²) in [5, 5.41) is 2.93. The Balaban J connectivity index is 1.72. The molecule has 0 aliphatic carbocycles. The fourth-order valence-electron chi connectivity index (χ4n) is 3.05. The summed E-state index contributed by atoms with van der Waals surface area (Å²) in [5.41, 5.74) is 4.58. The van der Waals surface area contributed by atoms with Crippen LogP contribution in [0.1, 0.15) is 32.2 Å². The standard InChI is InChI=1S/C20H19N5O2S/c1-13-8-18-21-9-16(20(27)25(18)23-13)19(26)24(10-15-6-4-3-5-7-15)11-17-14(2)22-12-28-17/h3-9,12,23H,10-11H2,1-2H3. The number of aryl methyl sites for hydroxylation is 2.